The first-order valence-corrected chi connectivity index (χ1v) is 7.55. The molecular weight excluding hydrogens is 254 g/mol. The zero-order valence-corrected chi connectivity index (χ0v) is 12.4. The molecule has 0 aromatic carbocycles. The van der Waals surface area contributed by atoms with Crippen molar-refractivity contribution in [3.8, 4) is 0 Å². The van der Waals surface area contributed by atoms with E-state index in [9.17, 15) is 0 Å². The molecule has 1 unspecified atom stereocenters. The van der Waals surface area contributed by atoms with Crippen LogP contribution < -0.4 is 10.6 Å². The number of pyridine rings is 1. The Morgan fingerprint density at radius 2 is 2.21 bits per heavy atom. The van der Waals surface area contributed by atoms with Gasteiger partial charge in [-0.15, -0.1) is 11.3 Å². The van der Waals surface area contributed by atoms with Gasteiger partial charge in [0.2, 0.25) is 0 Å². The molecule has 0 aliphatic rings. The van der Waals surface area contributed by atoms with E-state index in [1.807, 2.05) is 19.2 Å². The van der Waals surface area contributed by atoms with Crippen LogP contribution in [0.3, 0.4) is 0 Å². The lowest BCUT2D eigenvalue weighted by atomic mass is 10.1. The minimum atomic E-state index is 0.156. The second kappa shape index (κ2) is 6.68. The molecule has 2 aromatic rings. The summed E-state index contributed by atoms with van der Waals surface area (Å²) in [5.74, 6) is 1.07. The molecular formula is C15H21N3S. The van der Waals surface area contributed by atoms with Crippen molar-refractivity contribution < 1.29 is 0 Å². The Bertz CT molecular complexity index is 494. The van der Waals surface area contributed by atoms with Crippen molar-refractivity contribution in [1.29, 1.82) is 0 Å². The molecule has 0 spiro atoms. The maximum atomic E-state index is 5.93. The van der Waals surface area contributed by atoms with Crippen LogP contribution in [0.4, 0.5) is 5.82 Å². The molecule has 4 heteroatoms. The molecule has 0 bridgehead atoms. The molecule has 0 saturated carbocycles. The monoisotopic (exact) mass is 275 g/mol. The van der Waals surface area contributed by atoms with Gasteiger partial charge in [0.1, 0.15) is 5.82 Å². The maximum Gasteiger partial charge on any atom is 0.132 e. The van der Waals surface area contributed by atoms with Crippen LogP contribution in [0.1, 0.15) is 24.3 Å². The molecule has 2 rings (SSSR count). The molecule has 2 N–H and O–H groups in total. The molecule has 102 valence electrons. The van der Waals surface area contributed by atoms with E-state index in [2.05, 4.69) is 40.4 Å². The van der Waals surface area contributed by atoms with Crippen molar-refractivity contribution in [3.05, 3.63) is 46.3 Å². The Hall–Kier alpha value is -1.39. The van der Waals surface area contributed by atoms with Gasteiger partial charge in [0, 0.05) is 23.7 Å². The summed E-state index contributed by atoms with van der Waals surface area (Å²) in [7, 11) is 0. The highest BCUT2D eigenvalue weighted by atomic mass is 32.1. The first kappa shape index (κ1) is 14.0. The third-order valence-electron chi connectivity index (χ3n) is 3.02. The SMILES string of the molecule is CCN(Cc1cccs1)c1ncccc1CC(C)N. The predicted octanol–water partition coefficient (Wildman–Crippen LogP) is 3.06. The number of hydrogen-bond acceptors (Lipinski definition) is 4. The van der Waals surface area contributed by atoms with Crippen molar-refractivity contribution >= 4 is 17.2 Å². The second-order valence-corrected chi connectivity index (χ2v) is 5.79. The fourth-order valence-corrected chi connectivity index (χ4v) is 2.87. The molecule has 2 heterocycles. The van der Waals surface area contributed by atoms with Gasteiger partial charge in [-0.05, 0) is 43.3 Å². The standard InChI is InChI=1S/C15H21N3S/c1-3-18(11-14-7-5-9-19-14)15-13(10-12(2)16)6-4-8-17-15/h4-9,12H,3,10-11,16H2,1-2H3. The molecule has 3 nitrogen and oxygen atoms in total. The highest BCUT2D eigenvalue weighted by molar-refractivity contribution is 7.09. The van der Waals surface area contributed by atoms with Gasteiger partial charge in [-0.3, -0.25) is 0 Å². The molecule has 0 saturated heterocycles. The Morgan fingerprint density at radius 3 is 2.84 bits per heavy atom. The van der Waals surface area contributed by atoms with Crippen LogP contribution in [0, 0.1) is 0 Å². The number of anilines is 1. The van der Waals surface area contributed by atoms with Crippen molar-refractivity contribution in [2.24, 2.45) is 5.73 Å². The largest absolute Gasteiger partial charge is 0.352 e. The summed E-state index contributed by atoms with van der Waals surface area (Å²) in [4.78, 5) is 8.23. The van der Waals surface area contributed by atoms with E-state index in [4.69, 9.17) is 5.73 Å². The zero-order chi connectivity index (χ0) is 13.7. The lowest BCUT2D eigenvalue weighted by Crippen LogP contribution is -2.26. The smallest absolute Gasteiger partial charge is 0.132 e. The van der Waals surface area contributed by atoms with E-state index < -0.39 is 0 Å². The van der Waals surface area contributed by atoms with Crippen LogP contribution >= 0.6 is 11.3 Å². The van der Waals surface area contributed by atoms with Crippen LogP contribution in [0.25, 0.3) is 0 Å². The van der Waals surface area contributed by atoms with Crippen LogP contribution in [-0.4, -0.2) is 17.6 Å². The van der Waals surface area contributed by atoms with Crippen molar-refractivity contribution in [3.63, 3.8) is 0 Å². The van der Waals surface area contributed by atoms with Gasteiger partial charge in [-0.25, -0.2) is 4.98 Å². The number of nitrogens with two attached hydrogens (primary N) is 1. The molecule has 1 atom stereocenters. The summed E-state index contributed by atoms with van der Waals surface area (Å²) in [6.07, 6.45) is 2.72. The van der Waals surface area contributed by atoms with Gasteiger partial charge >= 0.3 is 0 Å². The lowest BCUT2D eigenvalue weighted by Gasteiger charge is -2.24. The van der Waals surface area contributed by atoms with E-state index in [1.54, 1.807) is 11.3 Å². The van der Waals surface area contributed by atoms with Gasteiger partial charge in [0.15, 0.2) is 0 Å². The summed E-state index contributed by atoms with van der Waals surface area (Å²) in [5, 5.41) is 2.12. The van der Waals surface area contributed by atoms with Crippen LogP contribution in [0.2, 0.25) is 0 Å². The van der Waals surface area contributed by atoms with Crippen LogP contribution in [0.15, 0.2) is 35.8 Å². The number of aromatic nitrogens is 1. The topological polar surface area (TPSA) is 42.2 Å². The quantitative estimate of drug-likeness (QED) is 0.881. The molecule has 0 aliphatic heterocycles. The summed E-state index contributed by atoms with van der Waals surface area (Å²) < 4.78 is 0. The van der Waals surface area contributed by atoms with E-state index in [1.165, 1.54) is 10.4 Å². The fraction of sp³-hybridized carbons (Fsp3) is 0.400. The Labute approximate surface area is 119 Å². The van der Waals surface area contributed by atoms with Gasteiger partial charge in [0.25, 0.3) is 0 Å². The molecule has 0 fully saturated rings. The minimum absolute atomic E-state index is 0.156. The Morgan fingerprint density at radius 1 is 1.37 bits per heavy atom. The first-order valence-electron chi connectivity index (χ1n) is 6.67. The molecule has 2 aromatic heterocycles. The average Bonchev–Trinajstić information content (AvgIpc) is 2.89. The normalized spacial score (nSPS) is 12.4. The highest BCUT2D eigenvalue weighted by Gasteiger charge is 2.13. The second-order valence-electron chi connectivity index (χ2n) is 4.76. The third kappa shape index (κ3) is 3.78. The third-order valence-corrected chi connectivity index (χ3v) is 3.88. The van der Waals surface area contributed by atoms with E-state index in [-0.39, 0.29) is 6.04 Å². The minimum Gasteiger partial charge on any atom is -0.352 e. The summed E-state index contributed by atoms with van der Waals surface area (Å²) >= 11 is 1.79. The Balaban J connectivity index is 2.22. The predicted molar refractivity (Wildman–Crippen MR) is 82.6 cm³/mol. The lowest BCUT2D eigenvalue weighted by molar-refractivity contribution is 0.724. The fourth-order valence-electron chi connectivity index (χ4n) is 2.15. The first-order chi connectivity index (χ1) is 9.20. The molecule has 0 radical (unpaired) electrons. The van der Waals surface area contributed by atoms with E-state index in [0.29, 0.717) is 0 Å². The molecule has 0 amide bonds. The molecule has 0 aliphatic carbocycles. The summed E-state index contributed by atoms with van der Waals surface area (Å²) in [5.41, 5.74) is 7.16. The van der Waals surface area contributed by atoms with Gasteiger partial charge in [-0.1, -0.05) is 12.1 Å². The Kier molecular flexibility index (Phi) is 4.93. The maximum absolute atomic E-state index is 5.93. The van der Waals surface area contributed by atoms with Crippen LogP contribution in [0.5, 0.6) is 0 Å². The summed E-state index contributed by atoms with van der Waals surface area (Å²) in [6.45, 7) is 6.06. The molecule has 19 heavy (non-hydrogen) atoms. The van der Waals surface area contributed by atoms with E-state index >= 15 is 0 Å². The number of thiophene rings is 1. The van der Waals surface area contributed by atoms with Gasteiger partial charge in [-0.2, -0.15) is 0 Å². The van der Waals surface area contributed by atoms with Gasteiger partial charge in [0.05, 0.1) is 6.54 Å². The van der Waals surface area contributed by atoms with Gasteiger partial charge < -0.3 is 10.6 Å². The van der Waals surface area contributed by atoms with Crippen molar-refractivity contribution in [2.75, 3.05) is 11.4 Å². The highest BCUT2D eigenvalue weighted by Crippen LogP contribution is 2.22. The summed E-state index contributed by atoms with van der Waals surface area (Å²) in [6, 6.07) is 8.53. The van der Waals surface area contributed by atoms with Crippen molar-refractivity contribution in [1.82, 2.24) is 4.98 Å². The number of hydrogen-bond donors (Lipinski definition) is 1. The van der Waals surface area contributed by atoms with E-state index in [0.717, 1.165) is 25.3 Å². The number of rotatable bonds is 6. The van der Waals surface area contributed by atoms with Crippen LogP contribution in [-0.2, 0) is 13.0 Å². The number of nitrogens with zero attached hydrogens (tertiary/aromatic N) is 2. The van der Waals surface area contributed by atoms with Crippen molar-refractivity contribution in [2.45, 2.75) is 32.9 Å². The zero-order valence-electron chi connectivity index (χ0n) is 11.5. The average molecular weight is 275 g/mol.